The zero-order valence-electron chi connectivity index (χ0n) is 13.6. The summed E-state index contributed by atoms with van der Waals surface area (Å²) in [5, 5.41) is 11.5. The predicted octanol–water partition coefficient (Wildman–Crippen LogP) is 4.18. The lowest BCUT2D eigenvalue weighted by Crippen LogP contribution is -2.29. The summed E-state index contributed by atoms with van der Waals surface area (Å²) in [5.74, 6) is 1.54. The van der Waals surface area contributed by atoms with Crippen LogP contribution in [0.3, 0.4) is 0 Å². The Morgan fingerprint density at radius 2 is 2.28 bits per heavy atom. The van der Waals surface area contributed by atoms with Crippen molar-refractivity contribution in [3.05, 3.63) is 57.1 Å². The molecule has 0 saturated carbocycles. The van der Waals surface area contributed by atoms with E-state index in [2.05, 4.69) is 37.7 Å². The van der Waals surface area contributed by atoms with Gasteiger partial charge >= 0.3 is 0 Å². The number of nitrogens with zero attached hydrogens (tertiary/aromatic N) is 3. The number of hydrogen-bond donors (Lipinski definition) is 1. The molecule has 0 aliphatic heterocycles. The smallest absolute Gasteiger partial charge is 0.244 e. The highest BCUT2D eigenvalue weighted by molar-refractivity contribution is 9.11. The number of hydrogen-bond acceptors (Lipinski definition) is 5. The Balaban J connectivity index is 1.76. The first-order chi connectivity index (χ1) is 12.2. The Hall–Kier alpha value is -1.64. The van der Waals surface area contributed by atoms with Crippen molar-refractivity contribution in [2.75, 3.05) is 12.0 Å². The van der Waals surface area contributed by atoms with Crippen molar-refractivity contribution >= 4 is 56.7 Å². The minimum atomic E-state index is -0.183. The van der Waals surface area contributed by atoms with Gasteiger partial charge in [0, 0.05) is 17.2 Å². The lowest BCUT2D eigenvalue weighted by Gasteiger charge is -2.15. The van der Waals surface area contributed by atoms with E-state index in [1.807, 2.05) is 47.0 Å². The molecule has 5 nitrogen and oxygen atoms in total. The molecule has 130 valence electrons. The number of pyridine rings is 1. The van der Waals surface area contributed by atoms with Gasteiger partial charge in [-0.2, -0.15) is 11.8 Å². The molecule has 1 atom stereocenters. The molecule has 3 heterocycles. The van der Waals surface area contributed by atoms with E-state index in [1.165, 1.54) is 0 Å². The maximum atomic E-state index is 12.4. The summed E-state index contributed by atoms with van der Waals surface area (Å²) < 4.78 is 2.96. The van der Waals surface area contributed by atoms with Gasteiger partial charge in [-0.15, -0.1) is 21.5 Å². The van der Waals surface area contributed by atoms with E-state index < -0.39 is 0 Å². The molecule has 1 unspecified atom stereocenters. The SMILES string of the molecule is CSCCC(NC(=O)/C=C\c1ccc(Br)s1)c1nnc2ccccn12. The van der Waals surface area contributed by atoms with Gasteiger partial charge in [-0.05, 0) is 64.7 Å². The van der Waals surface area contributed by atoms with Crippen LogP contribution in [0.5, 0.6) is 0 Å². The van der Waals surface area contributed by atoms with Crippen molar-refractivity contribution in [2.24, 2.45) is 0 Å². The molecule has 0 fully saturated rings. The van der Waals surface area contributed by atoms with Crippen molar-refractivity contribution in [1.29, 1.82) is 0 Å². The third-order valence-corrected chi connectivity index (χ3v) is 5.80. The topological polar surface area (TPSA) is 59.3 Å². The highest BCUT2D eigenvalue weighted by Crippen LogP contribution is 2.23. The fraction of sp³-hybridized carbons (Fsp3) is 0.235. The molecule has 0 aliphatic rings. The average Bonchev–Trinajstić information content (AvgIpc) is 3.23. The predicted molar refractivity (Wildman–Crippen MR) is 108 cm³/mol. The van der Waals surface area contributed by atoms with Crippen LogP contribution in [-0.4, -0.2) is 32.5 Å². The molecule has 1 N–H and O–H groups in total. The van der Waals surface area contributed by atoms with Crippen LogP contribution in [0.4, 0.5) is 0 Å². The second kappa shape index (κ2) is 8.64. The van der Waals surface area contributed by atoms with Gasteiger partial charge in [-0.25, -0.2) is 0 Å². The van der Waals surface area contributed by atoms with Gasteiger partial charge in [0.25, 0.3) is 0 Å². The molecule has 0 radical (unpaired) electrons. The van der Waals surface area contributed by atoms with E-state index in [0.717, 1.165) is 32.3 Å². The van der Waals surface area contributed by atoms with Gasteiger partial charge in [0.1, 0.15) is 0 Å². The molecule has 3 aromatic heterocycles. The van der Waals surface area contributed by atoms with Crippen molar-refractivity contribution in [1.82, 2.24) is 19.9 Å². The van der Waals surface area contributed by atoms with Crippen LogP contribution in [-0.2, 0) is 4.79 Å². The number of thiophene rings is 1. The minimum Gasteiger partial charge on any atom is -0.342 e. The number of amides is 1. The van der Waals surface area contributed by atoms with E-state index >= 15 is 0 Å². The number of halogens is 1. The molecular formula is C17H17BrN4OS2. The van der Waals surface area contributed by atoms with Crippen LogP contribution in [0.1, 0.15) is 23.2 Å². The van der Waals surface area contributed by atoms with Crippen LogP contribution >= 0.6 is 39.0 Å². The van der Waals surface area contributed by atoms with Gasteiger partial charge in [-0.3, -0.25) is 9.20 Å². The van der Waals surface area contributed by atoms with Crippen molar-refractivity contribution in [3.63, 3.8) is 0 Å². The molecule has 0 aromatic carbocycles. The van der Waals surface area contributed by atoms with Gasteiger partial charge in [0.05, 0.1) is 9.83 Å². The third kappa shape index (κ3) is 4.71. The van der Waals surface area contributed by atoms with Gasteiger partial charge in [0.15, 0.2) is 11.5 Å². The summed E-state index contributed by atoms with van der Waals surface area (Å²) in [5.41, 5.74) is 0.778. The van der Waals surface area contributed by atoms with Crippen molar-refractivity contribution in [2.45, 2.75) is 12.5 Å². The van der Waals surface area contributed by atoms with Gasteiger partial charge in [0.2, 0.25) is 5.91 Å². The largest absolute Gasteiger partial charge is 0.342 e. The molecule has 0 saturated heterocycles. The van der Waals surface area contributed by atoms with Crippen molar-refractivity contribution in [3.8, 4) is 0 Å². The molecule has 3 rings (SSSR count). The first kappa shape index (κ1) is 18.2. The summed E-state index contributed by atoms with van der Waals surface area (Å²) in [7, 11) is 0. The fourth-order valence-corrected chi connectivity index (χ4v) is 4.19. The molecule has 8 heteroatoms. The number of fused-ring (bicyclic) bond motifs is 1. The molecule has 0 bridgehead atoms. The minimum absolute atomic E-state index is 0.136. The molecule has 0 spiro atoms. The van der Waals surface area contributed by atoms with Gasteiger partial charge < -0.3 is 5.32 Å². The highest BCUT2D eigenvalue weighted by Gasteiger charge is 2.19. The first-order valence-electron chi connectivity index (χ1n) is 7.70. The van der Waals surface area contributed by atoms with E-state index in [9.17, 15) is 4.79 Å². The van der Waals surface area contributed by atoms with E-state index in [4.69, 9.17) is 0 Å². The monoisotopic (exact) mass is 436 g/mol. The van der Waals surface area contributed by atoms with Crippen LogP contribution in [0.15, 0.2) is 46.4 Å². The van der Waals surface area contributed by atoms with E-state index in [-0.39, 0.29) is 11.9 Å². The zero-order valence-corrected chi connectivity index (χ0v) is 16.8. The van der Waals surface area contributed by atoms with Crippen LogP contribution in [0, 0.1) is 0 Å². The number of carbonyl (C=O) groups is 1. The number of aromatic nitrogens is 3. The normalized spacial score (nSPS) is 12.7. The quantitative estimate of drug-likeness (QED) is 0.564. The second-order valence-corrected chi connectivity index (χ2v) is 8.79. The zero-order chi connectivity index (χ0) is 17.6. The maximum Gasteiger partial charge on any atom is 0.244 e. The summed E-state index contributed by atoms with van der Waals surface area (Å²) in [6.07, 6.45) is 8.14. The van der Waals surface area contributed by atoms with Crippen LogP contribution in [0.2, 0.25) is 0 Å². The summed E-state index contributed by atoms with van der Waals surface area (Å²) in [6.45, 7) is 0. The van der Waals surface area contributed by atoms with Gasteiger partial charge in [-0.1, -0.05) is 6.07 Å². The molecule has 3 aromatic rings. The number of carbonyl (C=O) groups excluding carboxylic acids is 1. The lowest BCUT2D eigenvalue weighted by molar-refractivity contribution is -0.117. The van der Waals surface area contributed by atoms with E-state index in [0.29, 0.717) is 0 Å². The summed E-state index contributed by atoms with van der Waals surface area (Å²) >= 11 is 6.75. The molecule has 0 aliphatic carbocycles. The average molecular weight is 437 g/mol. The Bertz CT molecular complexity index is 890. The van der Waals surface area contributed by atoms with Crippen LogP contribution in [0.25, 0.3) is 11.7 Å². The Kier molecular flexibility index (Phi) is 6.28. The maximum absolute atomic E-state index is 12.4. The lowest BCUT2D eigenvalue weighted by atomic mass is 10.2. The molecular weight excluding hydrogens is 420 g/mol. The number of nitrogens with one attached hydrogen (secondary N) is 1. The van der Waals surface area contributed by atoms with E-state index in [1.54, 1.807) is 29.2 Å². The molecule has 25 heavy (non-hydrogen) atoms. The summed E-state index contributed by atoms with van der Waals surface area (Å²) in [4.78, 5) is 13.4. The third-order valence-electron chi connectivity index (χ3n) is 3.57. The fourth-order valence-electron chi connectivity index (χ4n) is 2.39. The number of thioether (sulfide) groups is 1. The van der Waals surface area contributed by atoms with Crippen LogP contribution < -0.4 is 5.32 Å². The van der Waals surface area contributed by atoms with Crippen molar-refractivity contribution < 1.29 is 4.79 Å². The second-order valence-electron chi connectivity index (χ2n) is 5.30. The first-order valence-corrected chi connectivity index (χ1v) is 10.7. The highest BCUT2D eigenvalue weighted by atomic mass is 79.9. The summed E-state index contributed by atoms with van der Waals surface area (Å²) in [6, 6.07) is 9.50. The molecule has 1 amide bonds. The Labute approximate surface area is 162 Å². The standard InChI is InChI=1S/C17H17BrN4OS2/c1-24-11-9-13(17-21-20-15-4-2-3-10-22(15)17)19-16(23)8-6-12-5-7-14(18)25-12/h2-8,10,13H,9,11H2,1H3,(H,19,23)/b8-6-. The Morgan fingerprint density at radius 3 is 3.04 bits per heavy atom. The Morgan fingerprint density at radius 1 is 1.40 bits per heavy atom. The number of rotatable bonds is 7.